The molecule has 4 heterocycles. The summed E-state index contributed by atoms with van der Waals surface area (Å²) >= 11 is 0. The summed E-state index contributed by atoms with van der Waals surface area (Å²) in [5.41, 5.74) is 12.8. The van der Waals surface area contributed by atoms with Gasteiger partial charge in [0.1, 0.15) is 0 Å². The first-order chi connectivity index (χ1) is 23.9. The zero-order valence-electron chi connectivity index (χ0n) is 28.8. The second-order valence-corrected chi connectivity index (χ2v) is 12.8. The average Bonchev–Trinajstić information content (AvgIpc) is 3.73. The predicted octanol–water partition coefficient (Wildman–Crippen LogP) is 11.4. The van der Waals surface area contributed by atoms with Gasteiger partial charge in [-0.1, -0.05) is 99.3 Å². The van der Waals surface area contributed by atoms with E-state index >= 15 is 0 Å². The Morgan fingerprint density at radius 3 is 2.14 bits per heavy atom. The number of hydrogen-bond acceptors (Lipinski definition) is 4. The maximum absolute atomic E-state index is 5.97. The van der Waals surface area contributed by atoms with Crippen molar-refractivity contribution in [1.82, 2.24) is 19.5 Å². The molecule has 0 atom stereocenters. The van der Waals surface area contributed by atoms with Crippen molar-refractivity contribution in [2.75, 3.05) is 0 Å². The van der Waals surface area contributed by atoms with Gasteiger partial charge in [0.2, 0.25) is 0 Å². The summed E-state index contributed by atoms with van der Waals surface area (Å²) in [7, 11) is 0. The number of aromatic nitrogens is 4. The van der Waals surface area contributed by atoms with Gasteiger partial charge in [0.15, 0.2) is 0 Å². The molecule has 0 aliphatic rings. The van der Waals surface area contributed by atoms with Gasteiger partial charge in [0.25, 0.3) is 0 Å². The summed E-state index contributed by atoms with van der Waals surface area (Å²) in [6, 6.07) is 42.3. The molecule has 0 saturated heterocycles. The van der Waals surface area contributed by atoms with Crippen LogP contribution in [0, 0.1) is 19.3 Å². The molecule has 5 nitrogen and oxygen atoms in total. The number of pyridine rings is 2. The number of benzene rings is 4. The first-order valence-corrected chi connectivity index (χ1v) is 16.8. The molecule has 8 rings (SSSR count). The fourth-order valence-electron chi connectivity index (χ4n) is 6.31. The first kappa shape index (κ1) is 34.7. The summed E-state index contributed by atoms with van der Waals surface area (Å²) in [5, 5.41) is 0.997. The van der Waals surface area contributed by atoms with Crippen LogP contribution >= 0.6 is 0 Å². The minimum absolute atomic E-state index is 0. The molecule has 50 heavy (non-hydrogen) atoms. The van der Waals surface area contributed by atoms with Gasteiger partial charge >= 0.3 is 0 Å². The summed E-state index contributed by atoms with van der Waals surface area (Å²) in [6.45, 7) is 11.0. The second kappa shape index (κ2) is 15.2. The molecule has 6 heteroatoms. The van der Waals surface area contributed by atoms with Gasteiger partial charge in [0, 0.05) is 55.7 Å². The van der Waals surface area contributed by atoms with Crippen molar-refractivity contribution in [2.45, 2.75) is 46.5 Å². The summed E-state index contributed by atoms with van der Waals surface area (Å²) < 4.78 is 8.29. The normalized spacial score (nSPS) is 11.1. The Morgan fingerprint density at radius 2 is 1.44 bits per heavy atom. The van der Waals surface area contributed by atoms with Crippen LogP contribution in [0.25, 0.3) is 61.5 Å². The molecule has 0 N–H and O–H groups in total. The smallest absolute Gasteiger partial charge is 0.0774 e. The zero-order valence-corrected chi connectivity index (χ0v) is 31.2. The maximum atomic E-state index is 5.97. The van der Waals surface area contributed by atoms with E-state index in [4.69, 9.17) is 9.40 Å². The third kappa shape index (κ3) is 6.95. The van der Waals surface area contributed by atoms with E-state index in [1.807, 2.05) is 73.8 Å². The van der Waals surface area contributed by atoms with Crippen LogP contribution < -0.4 is 0 Å². The fourth-order valence-corrected chi connectivity index (χ4v) is 6.31. The van der Waals surface area contributed by atoms with Crippen molar-refractivity contribution in [3.05, 3.63) is 157 Å². The number of hydrogen-bond donors (Lipinski definition) is 0. The molecular weight excluding hydrogens is 793 g/mol. The third-order valence-electron chi connectivity index (χ3n) is 8.74. The van der Waals surface area contributed by atoms with Gasteiger partial charge in [-0.25, -0.2) is 0 Å². The minimum Gasteiger partial charge on any atom is -0.557 e. The van der Waals surface area contributed by atoms with Crippen LogP contribution in [-0.4, -0.2) is 19.5 Å². The number of furan rings is 1. The molecule has 0 bridgehead atoms. The Labute approximate surface area is 307 Å². The maximum Gasteiger partial charge on any atom is 0.0774 e. The molecule has 0 saturated carbocycles. The molecule has 0 fully saturated rings. The van der Waals surface area contributed by atoms with Crippen LogP contribution in [0.4, 0.5) is 0 Å². The van der Waals surface area contributed by atoms with E-state index in [0.29, 0.717) is 11.8 Å². The Bertz CT molecular complexity index is 2290. The molecule has 0 amide bonds. The van der Waals surface area contributed by atoms with Crippen molar-refractivity contribution in [1.29, 1.82) is 0 Å². The summed E-state index contributed by atoms with van der Waals surface area (Å²) in [4.78, 5) is 13.7. The Kier molecular flexibility index (Phi) is 10.5. The fraction of sp³-hybridized carbons (Fsp3) is 0.159. The second-order valence-electron chi connectivity index (χ2n) is 12.8. The zero-order chi connectivity index (χ0) is 33.9. The van der Waals surface area contributed by atoms with Gasteiger partial charge < -0.3 is 14.0 Å². The molecule has 0 spiro atoms. The molecular formula is C44H38IrN4O-2. The SMILES string of the molecule is Cc1cc(-c2ccc3o[c-]c(-c4nc5ccccc5n4-c4c(C(C)C)cccc4C(C)C)c3c2)ccn1.[Ir].[c-]1ccccc1-c1ccccn1. The van der Waals surface area contributed by atoms with Crippen molar-refractivity contribution >= 4 is 22.0 Å². The molecule has 1 radical (unpaired) electrons. The Morgan fingerprint density at radius 1 is 0.700 bits per heavy atom. The molecule has 0 aliphatic heterocycles. The summed E-state index contributed by atoms with van der Waals surface area (Å²) in [6.07, 6.45) is 6.86. The van der Waals surface area contributed by atoms with E-state index in [1.54, 1.807) is 6.20 Å². The monoisotopic (exact) mass is 831 g/mol. The predicted molar refractivity (Wildman–Crippen MR) is 200 cm³/mol. The quantitative estimate of drug-likeness (QED) is 0.157. The minimum atomic E-state index is 0. The van der Waals surface area contributed by atoms with Crippen LogP contribution in [0.1, 0.15) is 56.4 Å². The van der Waals surface area contributed by atoms with Gasteiger partial charge in [-0.05, 0) is 77.0 Å². The molecule has 0 aliphatic carbocycles. The van der Waals surface area contributed by atoms with Crippen LogP contribution in [0.5, 0.6) is 0 Å². The van der Waals surface area contributed by atoms with Gasteiger partial charge in [-0.2, -0.15) is 0 Å². The van der Waals surface area contributed by atoms with E-state index in [2.05, 4.69) is 109 Å². The third-order valence-corrected chi connectivity index (χ3v) is 8.74. The van der Waals surface area contributed by atoms with Gasteiger partial charge in [0.05, 0.1) is 16.9 Å². The van der Waals surface area contributed by atoms with Crippen molar-refractivity contribution in [3.8, 4) is 39.5 Å². The number of para-hydroxylation sites is 3. The molecule has 0 unspecified atom stereocenters. The number of fused-ring (bicyclic) bond motifs is 2. The van der Waals surface area contributed by atoms with Crippen molar-refractivity contribution in [3.63, 3.8) is 0 Å². The molecule has 251 valence electrons. The number of nitrogens with zero attached hydrogens (tertiary/aromatic N) is 4. The van der Waals surface area contributed by atoms with Crippen LogP contribution in [0.15, 0.2) is 132 Å². The van der Waals surface area contributed by atoms with Gasteiger partial charge in [-0.3, -0.25) is 9.97 Å². The number of imidazole rings is 1. The molecule has 4 aromatic heterocycles. The van der Waals surface area contributed by atoms with E-state index in [-0.39, 0.29) is 20.1 Å². The van der Waals surface area contributed by atoms with Gasteiger partial charge in [-0.15, -0.1) is 35.9 Å². The largest absolute Gasteiger partial charge is 0.557 e. The standard InChI is InChI=1S/C33H30N3O.C11H8N.Ir/c1-20(2)25-9-8-10-26(21(3)4)32(25)36-30-12-7-6-11-29(30)35-33(36)28-19-37-31-14-13-23(18-27(28)31)24-15-16-34-22(5)17-24;1-2-6-10(7-3-1)11-8-4-5-9-12-11;/h6-18,20-21H,1-5H3;1-6,8-9H;/q2*-1;. The van der Waals surface area contributed by atoms with Crippen molar-refractivity contribution in [2.24, 2.45) is 0 Å². The summed E-state index contributed by atoms with van der Waals surface area (Å²) in [5.74, 6) is 1.56. The Balaban J connectivity index is 0.000000281. The van der Waals surface area contributed by atoms with E-state index < -0.39 is 0 Å². The van der Waals surface area contributed by atoms with E-state index in [9.17, 15) is 0 Å². The topological polar surface area (TPSA) is 56.7 Å². The van der Waals surface area contributed by atoms with Crippen LogP contribution in [0.2, 0.25) is 0 Å². The van der Waals surface area contributed by atoms with Crippen molar-refractivity contribution < 1.29 is 24.5 Å². The van der Waals surface area contributed by atoms with E-state index in [0.717, 1.165) is 61.5 Å². The average molecular weight is 831 g/mol. The number of rotatable bonds is 6. The van der Waals surface area contributed by atoms with Crippen LogP contribution in [0.3, 0.4) is 0 Å². The molecule has 8 aromatic rings. The van der Waals surface area contributed by atoms with E-state index in [1.165, 1.54) is 16.8 Å². The first-order valence-electron chi connectivity index (χ1n) is 16.8. The Hall–Kier alpha value is -5.16. The number of aryl methyl sites for hydroxylation is 1. The van der Waals surface area contributed by atoms with Crippen LogP contribution in [-0.2, 0) is 20.1 Å². The molecule has 4 aromatic carbocycles.